The molecule has 0 bridgehead atoms. The Morgan fingerprint density at radius 3 is 2.39 bits per heavy atom. The monoisotopic (exact) mass is 609 g/mol. The van der Waals surface area contributed by atoms with Gasteiger partial charge in [-0.2, -0.15) is 5.10 Å². The maximum Gasteiger partial charge on any atom is 0.573 e. The first-order chi connectivity index (χ1) is 21.1. The summed E-state index contributed by atoms with van der Waals surface area (Å²) in [7, 11) is 2.18. The molecule has 0 spiro atoms. The highest BCUT2D eigenvalue weighted by atomic mass is 19.4. The third kappa shape index (κ3) is 5.37. The van der Waals surface area contributed by atoms with Crippen molar-refractivity contribution in [1.82, 2.24) is 29.5 Å². The average Bonchev–Trinajstić information content (AvgIpc) is 3.56. The fourth-order valence-corrected chi connectivity index (χ4v) is 6.61. The number of nitrogens with one attached hydrogen (secondary N) is 1. The number of likely N-dealkylation sites (N-methyl/N-ethyl adjacent to an activating group) is 1. The number of ether oxygens (including phenoxy) is 2. The lowest BCUT2D eigenvalue weighted by molar-refractivity contribution is -0.274. The zero-order chi connectivity index (χ0) is 30.6. The predicted molar refractivity (Wildman–Crippen MR) is 159 cm³/mol. The number of nitrogen functional groups attached to an aromatic ring is 1. The van der Waals surface area contributed by atoms with Gasteiger partial charge in [-0.05, 0) is 44.9 Å². The summed E-state index contributed by atoms with van der Waals surface area (Å²) in [4.78, 5) is 13.8. The first-order valence-corrected chi connectivity index (χ1v) is 14.7. The molecule has 14 heteroatoms. The van der Waals surface area contributed by atoms with Crippen molar-refractivity contribution < 1.29 is 22.6 Å². The predicted octanol–water partition coefficient (Wildman–Crippen LogP) is 4.28. The van der Waals surface area contributed by atoms with Gasteiger partial charge in [0.25, 0.3) is 5.85 Å². The Balaban J connectivity index is 1.11. The van der Waals surface area contributed by atoms with Crippen LogP contribution in [0.4, 0.5) is 24.7 Å². The van der Waals surface area contributed by atoms with Gasteiger partial charge in [0.15, 0.2) is 5.65 Å². The molecule has 1 saturated carbocycles. The van der Waals surface area contributed by atoms with Crippen molar-refractivity contribution in [3.05, 3.63) is 54.4 Å². The summed E-state index contributed by atoms with van der Waals surface area (Å²) >= 11 is 0. The van der Waals surface area contributed by atoms with E-state index in [1.54, 1.807) is 12.1 Å². The molecule has 7 rings (SSSR count). The lowest BCUT2D eigenvalue weighted by atomic mass is 9.90. The number of nitrogens with two attached hydrogens (primary N) is 2. The van der Waals surface area contributed by atoms with Crippen molar-refractivity contribution in [3.8, 4) is 22.8 Å². The van der Waals surface area contributed by atoms with Crippen LogP contribution in [0.2, 0.25) is 0 Å². The number of fused-ring (bicyclic) bond motifs is 2. The summed E-state index contributed by atoms with van der Waals surface area (Å²) in [6, 6.07) is 11.8. The van der Waals surface area contributed by atoms with Gasteiger partial charge >= 0.3 is 6.36 Å². The van der Waals surface area contributed by atoms with E-state index >= 15 is 0 Å². The Hall–Kier alpha value is -4.14. The summed E-state index contributed by atoms with van der Waals surface area (Å²) in [5.74, 6) is -1.20. The molecular formula is C30H34F3N9O2. The van der Waals surface area contributed by atoms with Crippen molar-refractivity contribution >= 4 is 22.5 Å². The third-order valence-corrected chi connectivity index (χ3v) is 8.95. The van der Waals surface area contributed by atoms with E-state index in [-0.39, 0.29) is 17.5 Å². The number of nitrogens with zero attached hydrogens (tertiary/aromatic N) is 6. The van der Waals surface area contributed by atoms with Gasteiger partial charge in [-0.25, -0.2) is 14.6 Å². The van der Waals surface area contributed by atoms with Crippen molar-refractivity contribution in [2.24, 2.45) is 5.73 Å². The van der Waals surface area contributed by atoms with Crippen LogP contribution in [0.5, 0.6) is 11.5 Å². The molecule has 1 saturated heterocycles. The van der Waals surface area contributed by atoms with Crippen LogP contribution < -0.4 is 26.3 Å². The van der Waals surface area contributed by atoms with Gasteiger partial charge in [-0.15, -0.1) is 13.2 Å². The first kappa shape index (κ1) is 28.6. The Kier molecular flexibility index (Phi) is 7.02. The van der Waals surface area contributed by atoms with Gasteiger partial charge in [0, 0.05) is 49.4 Å². The quantitative estimate of drug-likeness (QED) is 0.301. The number of piperazine rings is 1. The Labute approximate surface area is 251 Å². The smallest absolute Gasteiger partial charge is 0.448 e. The average molecular weight is 610 g/mol. The van der Waals surface area contributed by atoms with Crippen LogP contribution in [0.1, 0.15) is 37.3 Å². The van der Waals surface area contributed by atoms with E-state index in [0.717, 1.165) is 57.4 Å². The summed E-state index contributed by atoms with van der Waals surface area (Å²) in [5.41, 5.74) is 15.9. The number of anilines is 2. The van der Waals surface area contributed by atoms with Crippen molar-refractivity contribution in [2.75, 3.05) is 44.3 Å². The summed E-state index contributed by atoms with van der Waals surface area (Å²) in [6.07, 6.45) is 0.897. The maximum atomic E-state index is 12.7. The van der Waals surface area contributed by atoms with Crippen LogP contribution in [0.15, 0.2) is 48.8 Å². The van der Waals surface area contributed by atoms with E-state index in [9.17, 15) is 13.2 Å². The highest BCUT2D eigenvalue weighted by Crippen LogP contribution is 2.43. The van der Waals surface area contributed by atoms with Crippen molar-refractivity contribution in [3.63, 3.8) is 0 Å². The second-order valence-electron chi connectivity index (χ2n) is 11.8. The molecule has 1 unspecified atom stereocenters. The highest BCUT2D eigenvalue weighted by Gasteiger charge is 2.38. The normalized spacial score (nSPS) is 24.6. The molecule has 2 fully saturated rings. The summed E-state index contributed by atoms with van der Waals surface area (Å²) in [6.45, 7) is 4.45. The van der Waals surface area contributed by atoms with E-state index < -0.39 is 12.2 Å². The third-order valence-electron chi connectivity index (χ3n) is 8.95. The maximum absolute atomic E-state index is 12.7. The van der Waals surface area contributed by atoms with Crippen LogP contribution >= 0.6 is 0 Å². The topological polar surface area (TPSA) is 133 Å². The minimum Gasteiger partial charge on any atom is -0.448 e. The molecule has 5 N–H and O–H groups in total. The van der Waals surface area contributed by atoms with Gasteiger partial charge < -0.3 is 25.4 Å². The molecule has 2 aromatic carbocycles. The van der Waals surface area contributed by atoms with Gasteiger partial charge in [0.05, 0.1) is 17.1 Å². The summed E-state index contributed by atoms with van der Waals surface area (Å²) in [5, 5.41) is 8.71. The van der Waals surface area contributed by atoms with Crippen LogP contribution in [0.3, 0.4) is 0 Å². The molecule has 2 aromatic heterocycles. The number of benzene rings is 2. The number of alkyl halides is 3. The van der Waals surface area contributed by atoms with E-state index in [0.29, 0.717) is 39.9 Å². The van der Waals surface area contributed by atoms with Gasteiger partial charge in [0.2, 0.25) is 0 Å². The zero-order valence-corrected chi connectivity index (χ0v) is 24.2. The van der Waals surface area contributed by atoms with Crippen LogP contribution in [0, 0.1) is 0 Å². The molecule has 1 atom stereocenters. The molecule has 4 aromatic rings. The zero-order valence-electron chi connectivity index (χ0n) is 24.2. The molecule has 44 heavy (non-hydrogen) atoms. The summed E-state index contributed by atoms with van der Waals surface area (Å²) < 4.78 is 50.0. The van der Waals surface area contributed by atoms with Gasteiger partial charge in [-0.1, -0.05) is 24.3 Å². The molecule has 0 radical (unpaired) electrons. The minimum atomic E-state index is -4.81. The van der Waals surface area contributed by atoms with Crippen LogP contribution in [-0.2, 0) is 5.85 Å². The molecule has 1 aliphatic carbocycles. The Bertz CT molecular complexity index is 1660. The fourth-order valence-electron chi connectivity index (χ4n) is 6.61. The number of hydrogen-bond donors (Lipinski definition) is 3. The number of hydrogen-bond acceptors (Lipinski definition) is 10. The minimum absolute atomic E-state index is 0.205. The standard InChI is InChI=1S/C30H34F3N9O2/c1-40-12-14-41(15-13-40)20-6-8-21(9-7-20)42-28-25(27(34)36-17-37-28)26(39-42)18-2-4-19(5-3-18)29(35)38-23-16-22(43-30(31,32)33)10-11-24(23)44-29/h2-5,10-11,16-17,20-21,38H,6-9,12-15,35H2,1H3,(H2,34,36,37). The van der Waals surface area contributed by atoms with Gasteiger partial charge in [0.1, 0.15) is 29.3 Å². The van der Waals surface area contributed by atoms with E-state index in [1.807, 2.05) is 16.8 Å². The van der Waals surface area contributed by atoms with E-state index in [1.165, 1.54) is 24.5 Å². The molecule has 232 valence electrons. The molecule has 11 nitrogen and oxygen atoms in total. The lowest BCUT2D eigenvalue weighted by Gasteiger charge is -2.41. The van der Waals surface area contributed by atoms with Crippen molar-refractivity contribution in [1.29, 1.82) is 0 Å². The second kappa shape index (κ2) is 10.8. The van der Waals surface area contributed by atoms with E-state index in [4.69, 9.17) is 21.3 Å². The molecule has 0 amide bonds. The Morgan fingerprint density at radius 1 is 0.977 bits per heavy atom. The molecule has 3 aliphatic rings. The molecule has 4 heterocycles. The fraction of sp³-hybridized carbons (Fsp3) is 0.433. The lowest BCUT2D eigenvalue weighted by Crippen LogP contribution is -2.49. The van der Waals surface area contributed by atoms with Crippen molar-refractivity contribution in [2.45, 2.75) is 50.0 Å². The molecule has 2 aliphatic heterocycles. The highest BCUT2D eigenvalue weighted by molar-refractivity contribution is 5.98. The number of halogens is 3. The number of aromatic nitrogens is 4. The number of rotatable bonds is 5. The second-order valence-corrected chi connectivity index (χ2v) is 11.8. The molecular weight excluding hydrogens is 575 g/mol. The largest absolute Gasteiger partial charge is 0.573 e. The Morgan fingerprint density at radius 2 is 1.68 bits per heavy atom. The van der Waals surface area contributed by atoms with Crippen LogP contribution in [-0.4, -0.2) is 75.2 Å². The SMILES string of the molecule is CN1CCN(C2CCC(n3nc(-c4ccc(C5(N)Nc6cc(OC(F)(F)F)ccc6O5)cc4)c4c(N)ncnc43)CC2)CC1. The van der Waals surface area contributed by atoms with Crippen LogP contribution in [0.25, 0.3) is 22.3 Å². The first-order valence-electron chi connectivity index (χ1n) is 14.7. The van der Waals surface area contributed by atoms with E-state index in [2.05, 4.69) is 36.9 Å². The van der Waals surface area contributed by atoms with Gasteiger partial charge in [-0.3, -0.25) is 10.6 Å².